The van der Waals surface area contributed by atoms with Crippen molar-refractivity contribution in [1.29, 1.82) is 0 Å². The van der Waals surface area contributed by atoms with Crippen LogP contribution in [0.2, 0.25) is 0 Å². The molecule has 0 aromatic heterocycles. The van der Waals surface area contributed by atoms with Gasteiger partial charge in [0.2, 0.25) is 0 Å². The fourth-order valence-electron chi connectivity index (χ4n) is 3.96. The van der Waals surface area contributed by atoms with Gasteiger partial charge in [0, 0.05) is 16.0 Å². The molecule has 0 aliphatic carbocycles. The van der Waals surface area contributed by atoms with Crippen molar-refractivity contribution >= 4 is 45.9 Å². The number of fused-ring (bicyclic) bond motifs is 1. The number of methoxy groups -OCH3 is 1. The van der Waals surface area contributed by atoms with E-state index in [1.165, 1.54) is 10.6 Å². The van der Waals surface area contributed by atoms with Crippen LogP contribution >= 0.6 is 8.07 Å². The highest BCUT2D eigenvalue weighted by Crippen LogP contribution is 2.40. The summed E-state index contributed by atoms with van der Waals surface area (Å²) in [4.78, 5) is 1.43. The average molecular weight is 482 g/mol. The summed E-state index contributed by atoms with van der Waals surface area (Å²) in [5, 5.41) is 8.12. The molecule has 0 saturated carbocycles. The molecule has 0 bridgehead atoms. The molecule has 0 fully saturated rings. The third kappa shape index (κ3) is 4.48. The summed E-state index contributed by atoms with van der Waals surface area (Å²) in [6.07, 6.45) is 0. The first-order valence-electron chi connectivity index (χ1n) is 11.0. The van der Waals surface area contributed by atoms with Gasteiger partial charge in [0.15, 0.2) is 0 Å². The van der Waals surface area contributed by atoms with Crippen LogP contribution in [0, 0.1) is 0 Å². The Bertz CT molecular complexity index is 1400. The SMILES string of the molecule is COc1ccc2ccccc2c1S(=O)c1ccccc1NP(c1ccccc1)c1ccccc1. The number of hydrogen-bond acceptors (Lipinski definition) is 3. The number of benzene rings is 5. The predicted molar refractivity (Wildman–Crippen MR) is 144 cm³/mol. The van der Waals surface area contributed by atoms with E-state index in [-0.39, 0.29) is 0 Å². The maximum absolute atomic E-state index is 14.1. The van der Waals surface area contributed by atoms with Gasteiger partial charge in [0.25, 0.3) is 0 Å². The fourth-order valence-corrected chi connectivity index (χ4v) is 7.43. The molecule has 0 radical (unpaired) electrons. The third-order valence-corrected chi connectivity index (χ3v) is 9.24. The molecule has 5 rings (SSSR count). The zero-order chi connectivity index (χ0) is 23.3. The zero-order valence-electron chi connectivity index (χ0n) is 18.7. The first-order valence-corrected chi connectivity index (χ1v) is 13.5. The lowest BCUT2D eigenvalue weighted by Gasteiger charge is -2.23. The molecule has 0 heterocycles. The molecule has 5 aromatic carbocycles. The maximum atomic E-state index is 14.1. The highest BCUT2D eigenvalue weighted by molar-refractivity contribution is 7.85. The summed E-state index contributed by atoms with van der Waals surface area (Å²) in [6.45, 7) is 0. The Morgan fingerprint density at radius 2 is 1.26 bits per heavy atom. The van der Waals surface area contributed by atoms with E-state index in [0.717, 1.165) is 21.4 Å². The van der Waals surface area contributed by atoms with Gasteiger partial charge in [-0.15, -0.1) is 0 Å². The average Bonchev–Trinajstić information content (AvgIpc) is 2.92. The Morgan fingerprint density at radius 1 is 0.676 bits per heavy atom. The number of para-hydroxylation sites is 1. The summed E-state index contributed by atoms with van der Waals surface area (Å²) in [5.41, 5.74) is 0.856. The minimum Gasteiger partial charge on any atom is -0.495 e. The lowest BCUT2D eigenvalue weighted by atomic mass is 10.1. The van der Waals surface area contributed by atoms with E-state index in [1.54, 1.807) is 7.11 Å². The first kappa shape index (κ1) is 22.3. The lowest BCUT2D eigenvalue weighted by Crippen LogP contribution is -2.17. The molecule has 0 amide bonds. The molecule has 1 atom stereocenters. The second-order valence-corrected chi connectivity index (χ2v) is 11.0. The second-order valence-electron chi connectivity index (χ2n) is 7.70. The normalized spacial score (nSPS) is 11.9. The Morgan fingerprint density at radius 3 is 1.94 bits per heavy atom. The number of hydrogen-bond donors (Lipinski definition) is 1. The molecule has 5 heteroatoms. The zero-order valence-corrected chi connectivity index (χ0v) is 20.4. The summed E-state index contributed by atoms with van der Waals surface area (Å²) < 4.78 is 19.8. The van der Waals surface area contributed by atoms with Crippen LogP contribution in [0.15, 0.2) is 131 Å². The van der Waals surface area contributed by atoms with Crippen molar-refractivity contribution in [2.45, 2.75) is 9.79 Å². The van der Waals surface area contributed by atoms with Gasteiger partial charge in [0.05, 0.1) is 41.5 Å². The van der Waals surface area contributed by atoms with E-state index in [2.05, 4.69) is 53.6 Å². The summed E-state index contributed by atoms with van der Waals surface area (Å²) in [7, 11) is -0.725. The second kappa shape index (κ2) is 10.2. The van der Waals surface area contributed by atoms with Crippen LogP contribution in [0.4, 0.5) is 5.69 Å². The summed E-state index contributed by atoms with van der Waals surface area (Å²) in [6, 6.07) is 40.6. The highest BCUT2D eigenvalue weighted by Gasteiger charge is 2.22. The van der Waals surface area contributed by atoms with Crippen molar-refractivity contribution < 1.29 is 8.95 Å². The third-order valence-electron chi connectivity index (χ3n) is 5.60. The maximum Gasteiger partial charge on any atom is 0.136 e. The van der Waals surface area contributed by atoms with Gasteiger partial charge >= 0.3 is 0 Å². The smallest absolute Gasteiger partial charge is 0.136 e. The van der Waals surface area contributed by atoms with Crippen LogP contribution in [0.25, 0.3) is 10.8 Å². The molecule has 1 N–H and O–H groups in total. The van der Waals surface area contributed by atoms with Gasteiger partial charge in [-0.1, -0.05) is 103 Å². The van der Waals surface area contributed by atoms with E-state index in [1.807, 2.05) is 72.8 Å². The van der Waals surface area contributed by atoms with Gasteiger partial charge in [-0.2, -0.15) is 0 Å². The summed E-state index contributed by atoms with van der Waals surface area (Å²) in [5.74, 6) is 0.625. The fraction of sp³-hybridized carbons (Fsp3) is 0.0345. The van der Waals surface area contributed by atoms with Crippen LogP contribution < -0.4 is 20.4 Å². The summed E-state index contributed by atoms with van der Waals surface area (Å²) >= 11 is 0. The Labute approximate surface area is 203 Å². The van der Waals surface area contributed by atoms with Crippen molar-refractivity contribution in [2.24, 2.45) is 0 Å². The quantitative estimate of drug-likeness (QED) is 0.271. The standard InChI is InChI=1S/C29H24NO2PS/c1-32-27-21-20-22-12-8-9-17-25(22)29(27)34(31)28-19-11-10-18-26(28)30-33(23-13-4-2-5-14-23)24-15-6-3-7-16-24/h2-21,30H,1H3. The topological polar surface area (TPSA) is 38.3 Å². The van der Waals surface area contributed by atoms with Crippen molar-refractivity contribution in [2.75, 3.05) is 12.2 Å². The van der Waals surface area contributed by atoms with Gasteiger partial charge in [0.1, 0.15) is 5.75 Å². The number of ether oxygens (including phenoxy) is 1. The van der Waals surface area contributed by atoms with Crippen LogP contribution in [0.5, 0.6) is 5.75 Å². The van der Waals surface area contributed by atoms with Crippen molar-refractivity contribution in [1.82, 2.24) is 0 Å². The molecule has 1 unspecified atom stereocenters. The molecule has 0 saturated heterocycles. The Hall–Kier alpha value is -3.46. The number of rotatable bonds is 7. The molecule has 0 aliphatic heterocycles. The molecular formula is C29H24NO2PS. The van der Waals surface area contributed by atoms with Crippen molar-refractivity contribution in [3.63, 3.8) is 0 Å². The van der Waals surface area contributed by atoms with E-state index >= 15 is 0 Å². The number of nitrogens with one attached hydrogen (secondary N) is 1. The van der Waals surface area contributed by atoms with Crippen LogP contribution in [-0.2, 0) is 10.8 Å². The van der Waals surface area contributed by atoms with E-state index in [9.17, 15) is 4.21 Å². The minimum atomic E-state index is -1.45. The van der Waals surface area contributed by atoms with Crippen molar-refractivity contribution in [3.05, 3.63) is 121 Å². The predicted octanol–water partition coefficient (Wildman–Crippen LogP) is 6.47. The molecule has 0 spiro atoms. The molecule has 0 aliphatic rings. The van der Waals surface area contributed by atoms with E-state index in [0.29, 0.717) is 10.6 Å². The van der Waals surface area contributed by atoms with E-state index in [4.69, 9.17) is 4.74 Å². The van der Waals surface area contributed by atoms with Crippen LogP contribution in [0.1, 0.15) is 0 Å². The lowest BCUT2D eigenvalue weighted by molar-refractivity contribution is 0.405. The molecule has 3 nitrogen and oxygen atoms in total. The van der Waals surface area contributed by atoms with Gasteiger partial charge in [-0.25, -0.2) is 4.21 Å². The Kier molecular flexibility index (Phi) is 6.71. The van der Waals surface area contributed by atoms with Gasteiger partial charge in [-0.3, -0.25) is 0 Å². The molecular weight excluding hydrogens is 457 g/mol. The highest BCUT2D eigenvalue weighted by atomic mass is 32.2. The van der Waals surface area contributed by atoms with Gasteiger partial charge < -0.3 is 9.82 Å². The largest absolute Gasteiger partial charge is 0.495 e. The minimum absolute atomic E-state index is 0.625. The Balaban J connectivity index is 1.61. The van der Waals surface area contributed by atoms with Crippen LogP contribution in [0.3, 0.4) is 0 Å². The first-order chi connectivity index (χ1) is 16.8. The van der Waals surface area contributed by atoms with Crippen LogP contribution in [-0.4, -0.2) is 11.3 Å². The molecule has 5 aromatic rings. The monoisotopic (exact) mass is 481 g/mol. The number of anilines is 1. The van der Waals surface area contributed by atoms with Gasteiger partial charge in [-0.05, 0) is 23.6 Å². The van der Waals surface area contributed by atoms with E-state index < -0.39 is 18.9 Å². The molecule has 168 valence electrons. The molecule has 34 heavy (non-hydrogen) atoms. The van der Waals surface area contributed by atoms with Crippen molar-refractivity contribution in [3.8, 4) is 5.75 Å².